The number of carbonyl (C=O) groups is 2. The van der Waals surface area contributed by atoms with Crippen molar-refractivity contribution in [2.24, 2.45) is 0 Å². The van der Waals surface area contributed by atoms with Crippen molar-refractivity contribution in [3.63, 3.8) is 0 Å². The van der Waals surface area contributed by atoms with E-state index in [0.717, 1.165) is 6.04 Å². The van der Waals surface area contributed by atoms with Crippen molar-refractivity contribution in [3.8, 4) is 0 Å². The van der Waals surface area contributed by atoms with Crippen LogP contribution >= 0.6 is 0 Å². The van der Waals surface area contributed by atoms with Gasteiger partial charge in [0.05, 0.1) is 0 Å². The average molecular weight is 249 g/mol. The molecule has 0 fully saturated rings. The monoisotopic (exact) mass is 249 g/mol. The Bertz CT molecular complexity index is 396. The van der Waals surface area contributed by atoms with Gasteiger partial charge in [0.1, 0.15) is 0 Å². The number of hydrogen-bond donors (Lipinski definition) is 1. The van der Waals surface area contributed by atoms with Gasteiger partial charge in [-0.05, 0) is 18.2 Å². The molecule has 1 N–H and O–H groups in total. The van der Waals surface area contributed by atoms with Crippen LogP contribution < -0.4 is 5.32 Å². The van der Waals surface area contributed by atoms with Crippen LogP contribution in [0.5, 0.6) is 0 Å². The largest absolute Gasteiger partial charge is 0.292 e. The van der Waals surface area contributed by atoms with E-state index < -0.39 is 8.07 Å². The normalized spacial score (nSPS) is 11.0. The molecular formula is C13H19NO2Si. The fraction of sp³-hybridized carbons (Fsp3) is 0.385. The molecule has 0 unspecified atom stereocenters. The molecule has 0 aliphatic carbocycles. The first-order chi connectivity index (χ1) is 7.88. The molecule has 0 aromatic heterocycles. The van der Waals surface area contributed by atoms with Crippen LogP contribution in [0.2, 0.25) is 25.7 Å². The molecule has 0 atom stereocenters. The summed E-state index contributed by atoms with van der Waals surface area (Å²) in [7, 11) is -1.22. The van der Waals surface area contributed by atoms with E-state index in [1.165, 1.54) is 0 Å². The summed E-state index contributed by atoms with van der Waals surface area (Å²) >= 11 is 0. The third-order valence-corrected chi connectivity index (χ3v) is 4.14. The van der Waals surface area contributed by atoms with E-state index in [1.807, 2.05) is 6.07 Å². The fourth-order valence-electron chi connectivity index (χ4n) is 1.34. The van der Waals surface area contributed by atoms with Gasteiger partial charge in [-0.25, -0.2) is 0 Å². The predicted octanol–water partition coefficient (Wildman–Crippen LogP) is 2.67. The quantitative estimate of drug-likeness (QED) is 0.834. The molecule has 0 bridgehead atoms. The highest BCUT2D eigenvalue weighted by Gasteiger charge is 2.16. The molecule has 1 aromatic rings. The second-order valence-corrected chi connectivity index (χ2v) is 10.9. The molecular weight excluding hydrogens is 230 g/mol. The number of nitrogens with one attached hydrogen (secondary N) is 1. The molecule has 2 amide bonds. The Kier molecular flexibility index (Phi) is 4.63. The number of carbonyl (C=O) groups excluding carboxylic acids is 2. The third-order valence-electron chi connectivity index (χ3n) is 2.39. The maximum absolute atomic E-state index is 11.7. The second-order valence-electron chi connectivity index (χ2n) is 5.30. The summed E-state index contributed by atoms with van der Waals surface area (Å²) in [5, 5.41) is 2.41. The fourth-order valence-corrected chi connectivity index (χ4v) is 2.32. The molecule has 0 spiro atoms. The molecule has 0 saturated carbocycles. The Balaban J connectivity index is 2.45. The molecule has 92 valence electrons. The van der Waals surface area contributed by atoms with Crippen LogP contribution in [0.1, 0.15) is 16.8 Å². The first-order valence-electron chi connectivity index (χ1n) is 5.78. The SMILES string of the molecule is C[Si](C)(C)CCC(=O)NC(=O)c1ccccc1. The van der Waals surface area contributed by atoms with E-state index in [1.54, 1.807) is 24.3 Å². The Hall–Kier alpha value is -1.42. The molecule has 0 aliphatic heterocycles. The van der Waals surface area contributed by atoms with Crippen LogP contribution in [-0.4, -0.2) is 19.9 Å². The van der Waals surface area contributed by atoms with Crippen LogP contribution in [0.25, 0.3) is 0 Å². The van der Waals surface area contributed by atoms with Gasteiger partial charge in [-0.15, -0.1) is 0 Å². The molecule has 1 aromatic carbocycles. The molecule has 0 saturated heterocycles. The lowest BCUT2D eigenvalue weighted by atomic mass is 10.2. The first-order valence-corrected chi connectivity index (χ1v) is 9.48. The molecule has 0 radical (unpaired) electrons. The number of benzene rings is 1. The summed E-state index contributed by atoms with van der Waals surface area (Å²) in [6.45, 7) is 6.62. The number of rotatable bonds is 4. The van der Waals surface area contributed by atoms with Crippen molar-refractivity contribution >= 4 is 19.9 Å². The van der Waals surface area contributed by atoms with Gasteiger partial charge >= 0.3 is 0 Å². The van der Waals surface area contributed by atoms with Crippen LogP contribution in [0, 0.1) is 0 Å². The lowest BCUT2D eigenvalue weighted by Crippen LogP contribution is -2.32. The highest BCUT2D eigenvalue weighted by Crippen LogP contribution is 2.10. The molecule has 4 heteroatoms. The zero-order valence-electron chi connectivity index (χ0n) is 10.6. The summed E-state index contributed by atoms with van der Waals surface area (Å²) in [5.41, 5.74) is 0.522. The van der Waals surface area contributed by atoms with Crippen molar-refractivity contribution in [1.29, 1.82) is 0 Å². The van der Waals surface area contributed by atoms with Crippen molar-refractivity contribution < 1.29 is 9.59 Å². The van der Waals surface area contributed by atoms with Gasteiger partial charge in [-0.1, -0.05) is 37.8 Å². The van der Waals surface area contributed by atoms with Gasteiger partial charge in [-0.3, -0.25) is 14.9 Å². The number of amides is 2. The van der Waals surface area contributed by atoms with Gasteiger partial charge in [0.15, 0.2) is 0 Å². The van der Waals surface area contributed by atoms with E-state index in [9.17, 15) is 9.59 Å². The van der Waals surface area contributed by atoms with Crippen molar-refractivity contribution in [3.05, 3.63) is 35.9 Å². The smallest absolute Gasteiger partial charge is 0.257 e. The zero-order valence-corrected chi connectivity index (χ0v) is 11.6. The van der Waals surface area contributed by atoms with Crippen molar-refractivity contribution in [2.75, 3.05) is 0 Å². The zero-order chi connectivity index (χ0) is 12.9. The highest BCUT2D eigenvalue weighted by atomic mass is 28.3. The van der Waals surface area contributed by atoms with Crippen molar-refractivity contribution in [2.45, 2.75) is 32.1 Å². The van der Waals surface area contributed by atoms with E-state index in [4.69, 9.17) is 0 Å². The molecule has 3 nitrogen and oxygen atoms in total. The third kappa shape index (κ3) is 5.45. The van der Waals surface area contributed by atoms with Crippen molar-refractivity contribution in [1.82, 2.24) is 5.32 Å². The summed E-state index contributed by atoms with van der Waals surface area (Å²) in [4.78, 5) is 23.2. The molecule has 0 aliphatic rings. The summed E-state index contributed by atoms with van der Waals surface area (Å²) in [5.74, 6) is -0.493. The summed E-state index contributed by atoms with van der Waals surface area (Å²) < 4.78 is 0. The Morgan fingerprint density at radius 1 is 1.12 bits per heavy atom. The van der Waals surface area contributed by atoms with Gasteiger partial charge in [0.2, 0.25) is 5.91 Å². The van der Waals surface area contributed by atoms with Gasteiger partial charge in [-0.2, -0.15) is 0 Å². The number of hydrogen-bond acceptors (Lipinski definition) is 2. The summed E-state index contributed by atoms with van der Waals surface area (Å²) in [6, 6.07) is 9.69. The standard InChI is InChI=1S/C13H19NO2Si/c1-17(2,3)10-9-12(15)14-13(16)11-7-5-4-6-8-11/h4-8H,9-10H2,1-3H3,(H,14,15,16). The van der Waals surface area contributed by atoms with Gasteiger partial charge in [0, 0.05) is 20.1 Å². The van der Waals surface area contributed by atoms with E-state index in [-0.39, 0.29) is 11.8 Å². The van der Waals surface area contributed by atoms with Crippen LogP contribution in [0.15, 0.2) is 30.3 Å². The maximum atomic E-state index is 11.7. The lowest BCUT2D eigenvalue weighted by Gasteiger charge is -2.14. The van der Waals surface area contributed by atoms with Gasteiger partial charge in [0.25, 0.3) is 5.91 Å². The Morgan fingerprint density at radius 2 is 1.71 bits per heavy atom. The topological polar surface area (TPSA) is 46.2 Å². The Labute approximate surface area is 103 Å². The van der Waals surface area contributed by atoms with Crippen LogP contribution in [-0.2, 0) is 4.79 Å². The minimum absolute atomic E-state index is 0.179. The summed E-state index contributed by atoms with van der Waals surface area (Å²) in [6.07, 6.45) is 0.439. The van der Waals surface area contributed by atoms with Crippen LogP contribution in [0.3, 0.4) is 0 Å². The molecule has 17 heavy (non-hydrogen) atoms. The predicted molar refractivity (Wildman–Crippen MR) is 71.7 cm³/mol. The van der Waals surface area contributed by atoms with E-state index in [2.05, 4.69) is 25.0 Å². The maximum Gasteiger partial charge on any atom is 0.257 e. The van der Waals surface area contributed by atoms with Gasteiger partial charge < -0.3 is 0 Å². The number of imide groups is 1. The second kappa shape index (κ2) is 5.77. The van der Waals surface area contributed by atoms with E-state index in [0.29, 0.717) is 12.0 Å². The lowest BCUT2D eigenvalue weighted by molar-refractivity contribution is -0.119. The minimum Gasteiger partial charge on any atom is -0.292 e. The minimum atomic E-state index is -1.22. The van der Waals surface area contributed by atoms with E-state index >= 15 is 0 Å². The first kappa shape index (κ1) is 13.6. The molecule has 1 rings (SSSR count). The molecule has 0 heterocycles. The highest BCUT2D eigenvalue weighted by molar-refractivity contribution is 6.76. The average Bonchev–Trinajstić information content (AvgIpc) is 2.27. The Morgan fingerprint density at radius 3 is 2.24 bits per heavy atom. The van der Waals surface area contributed by atoms with Crippen LogP contribution in [0.4, 0.5) is 0 Å².